The lowest BCUT2D eigenvalue weighted by Crippen LogP contribution is -3.13. The number of quaternary nitrogens is 1. The second-order valence-corrected chi connectivity index (χ2v) is 8.17. The Hall–Kier alpha value is -2.83. The zero-order valence-corrected chi connectivity index (χ0v) is 18.3. The van der Waals surface area contributed by atoms with E-state index in [0.717, 1.165) is 49.9 Å². The van der Waals surface area contributed by atoms with Gasteiger partial charge in [-0.05, 0) is 38.2 Å². The van der Waals surface area contributed by atoms with Gasteiger partial charge in [-0.1, -0.05) is 48.5 Å². The fraction of sp³-hybridized carbons (Fsp3) is 0.292. The highest BCUT2D eigenvalue weighted by atomic mass is 32.1. The lowest BCUT2D eigenvalue weighted by atomic mass is 10.1. The molecule has 6 heteroatoms. The molecule has 0 atom stereocenters. The predicted octanol–water partition coefficient (Wildman–Crippen LogP) is 3.02. The van der Waals surface area contributed by atoms with Crippen LogP contribution in [0.25, 0.3) is 5.69 Å². The SMILES string of the molecule is CC(=O)c1c(N2CC[NH+](Cc3ccccc3)CC2)nc(=S)n(-c2ccccc2)c1C. The third kappa shape index (κ3) is 4.20. The van der Waals surface area contributed by atoms with E-state index in [2.05, 4.69) is 35.2 Å². The Morgan fingerprint density at radius 1 is 1.03 bits per heavy atom. The monoisotopic (exact) mass is 419 g/mol. The maximum Gasteiger partial charge on any atom is 0.206 e. The number of carbonyl (C=O) groups excluding carboxylic acids is 1. The molecule has 4 rings (SSSR count). The summed E-state index contributed by atoms with van der Waals surface area (Å²) in [7, 11) is 0. The highest BCUT2D eigenvalue weighted by Gasteiger charge is 2.26. The fourth-order valence-electron chi connectivity index (χ4n) is 4.23. The average Bonchev–Trinajstić information content (AvgIpc) is 2.75. The van der Waals surface area contributed by atoms with Gasteiger partial charge in [-0.25, -0.2) is 4.98 Å². The maximum absolute atomic E-state index is 12.6. The van der Waals surface area contributed by atoms with E-state index in [-0.39, 0.29) is 5.78 Å². The van der Waals surface area contributed by atoms with Crippen molar-refractivity contribution in [3.05, 3.63) is 82.3 Å². The molecule has 1 aromatic heterocycles. The summed E-state index contributed by atoms with van der Waals surface area (Å²) in [4.78, 5) is 21.1. The van der Waals surface area contributed by atoms with Crippen molar-refractivity contribution < 1.29 is 9.69 Å². The van der Waals surface area contributed by atoms with Crippen LogP contribution in [0.1, 0.15) is 28.5 Å². The van der Waals surface area contributed by atoms with Crippen molar-refractivity contribution in [2.45, 2.75) is 20.4 Å². The Kier molecular flexibility index (Phi) is 6.06. The summed E-state index contributed by atoms with van der Waals surface area (Å²) in [5.74, 6) is 0.754. The molecule has 0 radical (unpaired) electrons. The van der Waals surface area contributed by atoms with Crippen LogP contribution in [-0.2, 0) is 6.54 Å². The Bertz CT molecular complexity index is 1090. The molecule has 2 heterocycles. The zero-order chi connectivity index (χ0) is 21.1. The largest absolute Gasteiger partial charge is 0.345 e. The number of carbonyl (C=O) groups is 1. The molecule has 1 saturated heterocycles. The second kappa shape index (κ2) is 8.90. The minimum Gasteiger partial charge on any atom is -0.345 e. The highest BCUT2D eigenvalue weighted by molar-refractivity contribution is 7.71. The minimum atomic E-state index is 0.0220. The van der Waals surface area contributed by atoms with Gasteiger partial charge in [0.25, 0.3) is 0 Å². The second-order valence-electron chi connectivity index (χ2n) is 7.80. The number of para-hydroxylation sites is 1. The van der Waals surface area contributed by atoms with E-state index >= 15 is 0 Å². The topological polar surface area (TPSA) is 42.6 Å². The Labute approximate surface area is 182 Å². The van der Waals surface area contributed by atoms with Gasteiger partial charge in [-0.15, -0.1) is 0 Å². The quantitative estimate of drug-likeness (QED) is 0.510. The third-order valence-electron chi connectivity index (χ3n) is 5.75. The van der Waals surface area contributed by atoms with Crippen LogP contribution in [0.15, 0.2) is 60.7 Å². The van der Waals surface area contributed by atoms with Gasteiger partial charge >= 0.3 is 0 Å². The lowest BCUT2D eigenvalue weighted by Gasteiger charge is -2.34. The minimum absolute atomic E-state index is 0.0220. The van der Waals surface area contributed by atoms with E-state index in [9.17, 15) is 4.79 Å². The van der Waals surface area contributed by atoms with Crippen molar-refractivity contribution >= 4 is 23.8 Å². The smallest absolute Gasteiger partial charge is 0.206 e. The zero-order valence-electron chi connectivity index (χ0n) is 17.5. The van der Waals surface area contributed by atoms with E-state index in [1.165, 1.54) is 5.56 Å². The number of nitrogens with one attached hydrogen (secondary N) is 1. The Balaban J connectivity index is 1.60. The molecule has 1 aliphatic rings. The highest BCUT2D eigenvalue weighted by Crippen LogP contribution is 2.25. The average molecular weight is 420 g/mol. The fourth-order valence-corrected chi connectivity index (χ4v) is 4.56. The molecule has 5 nitrogen and oxygen atoms in total. The third-order valence-corrected chi connectivity index (χ3v) is 6.02. The molecule has 1 N–H and O–H groups in total. The number of ketones is 1. The molecular formula is C24H27N4OS+. The van der Waals surface area contributed by atoms with E-state index in [1.54, 1.807) is 11.8 Å². The Morgan fingerprint density at radius 2 is 1.63 bits per heavy atom. The number of benzene rings is 2. The van der Waals surface area contributed by atoms with Crippen molar-refractivity contribution in [3.8, 4) is 5.69 Å². The van der Waals surface area contributed by atoms with Gasteiger partial charge in [0.05, 0.1) is 31.7 Å². The van der Waals surface area contributed by atoms with Crippen LogP contribution >= 0.6 is 12.2 Å². The van der Waals surface area contributed by atoms with Crippen molar-refractivity contribution in [2.75, 3.05) is 31.1 Å². The lowest BCUT2D eigenvalue weighted by molar-refractivity contribution is -0.914. The molecule has 0 aliphatic carbocycles. The number of hydrogen-bond donors (Lipinski definition) is 1. The van der Waals surface area contributed by atoms with Crippen LogP contribution in [-0.4, -0.2) is 41.5 Å². The van der Waals surface area contributed by atoms with Crippen LogP contribution in [0.3, 0.4) is 0 Å². The van der Waals surface area contributed by atoms with Crippen LogP contribution in [0, 0.1) is 11.7 Å². The summed E-state index contributed by atoms with van der Waals surface area (Å²) >= 11 is 5.64. The summed E-state index contributed by atoms with van der Waals surface area (Å²) in [6.45, 7) is 8.33. The van der Waals surface area contributed by atoms with Crippen LogP contribution in [0.5, 0.6) is 0 Å². The van der Waals surface area contributed by atoms with Gasteiger partial charge in [0, 0.05) is 16.9 Å². The van der Waals surface area contributed by atoms with Gasteiger partial charge in [0.2, 0.25) is 4.77 Å². The molecule has 30 heavy (non-hydrogen) atoms. The maximum atomic E-state index is 12.6. The van der Waals surface area contributed by atoms with Crippen LogP contribution in [0.4, 0.5) is 5.82 Å². The Morgan fingerprint density at radius 3 is 2.23 bits per heavy atom. The molecule has 0 unspecified atom stereocenters. The number of anilines is 1. The summed E-state index contributed by atoms with van der Waals surface area (Å²) in [6.07, 6.45) is 0. The van der Waals surface area contributed by atoms with Gasteiger partial charge < -0.3 is 9.80 Å². The van der Waals surface area contributed by atoms with Gasteiger partial charge in [0.1, 0.15) is 12.4 Å². The number of piperazine rings is 1. The molecule has 154 valence electrons. The number of hydrogen-bond acceptors (Lipinski definition) is 4. The molecule has 0 bridgehead atoms. The molecule has 1 aliphatic heterocycles. The summed E-state index contributed by atoms with van der Waals surface area (Å²) in [5.41, 5.74) is 3.80. The molecular weight excluding hydrogens is 392 g/mol. The van der Waals surface area contributed by atoms with Gasteiger partial charge in [0.15, 0.2) is 5.78 Å². The molecule has 0 amide bonds. The van der Waals surface area contributed by atoms with E-state index in [4.69, 9.17) is 17.2 Å². The first-order chi connectivity index (χ1) is 14.5. The summed E-state index contributed by atoms with van der Waals surface area (Å²) in [5, 5.41) is 0. The van der Waals surface area contributed by atoms with Crippen molar-refractivity contribution in [1.82, 2.24) is 9.55 Å². The van der Waals surface area contributed by atoms with Gasteiger partial charge in [-0.3, -0.25) is 9.36 Å². The molecule has 0 spiro atoms. The standard InChI is InChI=1S/C24H26N4OS/c1-18-22(19(2)29)23(25-24(30)28(18)21-11-7-4-8-12-21)27-15-13-26(14-16-27)17-20-9-5-3-6-10-20/h3-12H,13-17H2,1-2H3/p+1. The molecule has 2 aromatic carbocycles. The number of nitrogens with zero attached hydrogens (tertiary/aromatic N) is 3. The number of aromatic nitrogens is 2. The van der Waals surface area contributed by atoms with Crippen molar-refractivity contribution in [1.29, 1.82) is 0 Å². The molecule has 0 saturated carbocycles. The summed E-state index contributed by atoms with van der Waals surface area (Å²) in [6, 6.07) is 20.5. The van der Waals surface area contributed by atoms with E-state index in [0.29, 0.717) is 10.3 Å². The van der Waals surface area contributed by atoms with Crippen molar-refractivity contribution in [2.24, 2.45) is 0 Å². The summed E-state index contributed by atoms with van der Waals surface area (Å²) < 4.78 is 2.38. The first-order valence-electron chi connectivity index (χ1n) is 10.4. The van der Waals surface area contributed by atoms with E-state index < -0.39 is 0 Å². The molecule has 1 fully saturated rings. The predicted molar refractivity (Wildman–Crippen MR) is 122 cm³/mol. The number of Topliss-reactive ketones (excluding diaryl/α,β-unsaturated/α-hetero) is 1. The van der Waals surface area contributed by atoms with Crippen LogP contribution < -0.4 is 9.80 Å². The first-order valence-corrected chi connectivity index (χ1v) is 10.8. The number of rotatable bonds is 5. The molecule has 3 aromatic rings. The van der Waals surface area contributed by atoms with Crippen LogP contribution in [0.2, 0.25) is 0 Å². The first kappa shape index (κ1) is 20.4. The normalized spacial score (nSPS) is 14.7. The van der Waals surface area contributed by atoms with Crippen molar-refractivity contribution in [3.63, 3.8) is 0 Å². The van der Waals surface area contributed by atoms with E-state index in [1.807, 2.05) is 41.8 Å². The van der Waals surface area contributed by atoms with Gasteiger partial charge in [-0.2, -0.15) is 0 Å².